The second-order valence-corrected chi connectivity index (χ2v) is 8.81. The monoisotopic (exact) mass is 579 g/mol. The van der Waals surface area contributed by atoms with Crippen LogP contribution in [0.25, 0.3) is 0 Å². The number of unbranched alkanes of at least 4 members (excludes halogenated alkanes) is 1. The van der Waals surface area contributed by atoms with Crippen LogP contribution in [0, 0.1) is 5.82 Å². The third kappa shape index (κ3) is 10.9. The van der Waals surface area contributed by atoms with Crippen molar-refractivity contribution in [1.82, 2.24) is 4.90 Å². The van der Waals surface area contributed by atoms with E-state index < -0.39 is 48.9 Å². The van der Waals surface area contributed by atoms with Gasteiger partial charge in [0.1, 0.15) is 24.8 Å². The zero-order chi connectivity index (χ0) is 29.8. The number of hydrogen-bond acceptors (Lipinski definition) is 5. The minimum absolute atomic E-state index is 0.0552. The van der Waals surface area contributed by atoms with Crippen molar-refractivity contribution in [2.75, 3.05) is 26.3 Å². The highest BCUT2D eigenvalue weighted by Crippen LogP contribution is 2.39. The Morgan fingerprint density at radius 2 is 1.55 bits per heavy atom. The standard InChI is InChI=1S/C27H31F6NO6/c1-2-38-23(24(35)36)17-19-7-11-22(12-8-19)39-16-15-34(14-4-3-13-26(29,30)27(31,32)33)25(37)40-18-20-5-9-21(28)10-6-20/h5-12,23H,2-4,13-18H2,1H3,(H,35,36). The first-order valence-corrected chi connectivity index (χ1v) is 12.5. The van der Waals surface area contributed by atoms with E-state index in [9.17, 15) is 41.0 Å². The summed E-state index contributed by atoms with van der Waals surface area (Å²) in [4.78, 5) is 25.0. The van der Waals surface area contributed by atoms with Gasteiger partial charge in [0.25, 0.3) is 0 Å². The maximum Gasteiger partial charge on any atom is 0.453 e. The normalized spacial score (nSPS) is 12.6. The molecule has 13 heteroatoms. The van der Waals surface area contributed by atoms with Gasteiger partial charge in [0, 0.05) is 26.0 Å². The summed E-state index contributed by atoms with van der Waals surface area (Å²) < 4.78 is 92.7. The smallest absolute Gasteiger partial charge is 0.453 e. The number of aliphatic carboxylic acids is 1. The summed E-state index contributed by atoms with van der Waals surface area (Å²) in [5.41, 5.74) is 1.18. The number of halogens is 6. The number of ether oxygens (including phenoxy) is 3. The lowest BCUT2D eigenvalue weighted by molar-refractivity contribution is -0.284. The number of carbonyl (C=O) groups is 2. The van der Waals surface area contributed by atoms with Gasteiger partial charge in [-0.25, -0.2) is 14.0 Å². The number of carbonyl (C=O) groups excluding carboxylic acids is 1. The molecule has 0 saturated heterocycles. The summed E-state index contributed by atoms with van der Waals surface area (Å²) in [7, 11) is 0. The molecule has 0 aliphatic carbocycles. The van der Waals surface area contributed by atoms with E-state index >= 15 is 0 Å². The predicted molar refractivity (Wildman–Crippen MR) is 132 cm³/mol. The molecule has 222 valence electrons. The van der Waals surface area contributed by atoms with Gasteiger partial charge in [-0.15, -0.1) is 0 Å². The lowest BCUT2D eigenvalue weighted by Crippen LogP contribution is -2.37. The van der Waals surface area contributed by atoms with Gasteiger partial charge in [-0.1, -0.05) is 24.3 Å². The first-order valence-electron chi connectivity index (χ1n) is 12.5. The Morgan fingerprint density at radius 1 is 0.925 bits per heavy atom. The summed E-state index contributed by atoms with van der Waals surface area (Å²) in [5.74, 6) is -6.00. The maximum atomic E-state index is 13.2. The molecule has 0 bridgehead atoms. The van der Waals surface area contributed by atoms with Crippen LogP contribution in [-0.2, 0) is 27.3 Å². The number of amides is 1. The number of carboxylic acid groups (broad SMARTS) is 1. The minimum atomic E-state index is -5.65. The molecule has 0 heterocycles. The molecule has 0 aliphatic rings. The van der Waals surface area contributed by atoms with Crippen molar-refractivity contribution in [2.24, 2.45) is 0 Å². The van der Waals surface area contributed by atoms with Crippen molar-refractivity contribution in [3.05, 3.63) is 65.5 Å². The highest BCUT2D eigenvalue weighted by Gasteiger charge is 2.56. The van der Waals surface area contributed by atoms with Gasteiger partial charge in [0.05, 0.1) is 6.54 Å². The molecule has 2 aromatic rings. The molecule has 0 aromatic heterocycles. The lowest BCUT2D eigenvalue weighted by Gasteiger charge is -2.23. The fourth-order valence-electron chi connectivity index (χ4n) is 3.53. The quantitative estimate of drug-likeness (QED) is 0.187. The SMILES string of the molecule is CCOC(Cc1ccc(OCCN(CCCCC(F)(F)C(F)(F)F)C(=O)OCc2ccc(F)cc2)cc1)C(=O)O. The molecule has 1 unspecified atom stereocenters. The van der Waals surface area contributed by atoms with Crippen molar-refractivity contribution in [1.29, 1.82) is 0 Å². The third-order valence-electron chi connectivity index (χ3n) is 5.73. The van der Waals surface area contributed by atoms with E-state index in [2.05, 4.69) is 0 Å². The second kappa shape index (κ2) is 15.3. The molecule has 1 amide bonds. The van der Waals surface area contributed by atoms with Crippen LogP contribution in [-0.4, -0.2) is 66.6 Å². The van der Waals surface area contributed by atoms with E-state index in [1.807, 2.05) is 0 Å². The van der Waals surface area contributed by atoms with Gasteiger partial charge >= 0.3 is 24.2 Å². The highest BCUT2D eigenvalue weighted by atomic mass is 19.4. The van der Waals surface area contributed by atoms with Crippen molar-refractivity contribution < 1.29 is 55.2 Å². The zero-order valence-corrected chi connectivity index (χ0v) is 21.8. The van der Waals surface area contributed by atoms with Crippen LogP contribution in [0.2, 0.25) is 0 Å². The van der Waals surface area contributed by atoms with Gasteiger partial charge in [-0.05, 0) is 55.2 Å². The fourth-order valence-corrected chi connectivity index (χ4v) is 3.53. The molecule has 1 N–H and O–H groups in total. The number of benzene rings is 2. The summed E-state index contributed by atoms with van der Waals surface area (Å²) in [6, 6.07) is 11.7. The van der Waals surface area contributed by atoms with Crippen molar-refractivity contribution in [3.8, 4) is 5.75 Å². The van der Waals surface area contributed by atoms with Gasteiger partial charge < -0.3 is 24.2 Å². The Bertz CT molecular complexity index is 1060. The van der Waals surface area contributed by atoms with Crippen LogP contribution >= 0.6 is 0 Å². The van der Waals surface area contributed by atoms with Crippen LogP contribution in [0.5, 0.6) is 5.75 Å². The average molecular weight is 580 g/mol. The molecule has 0 fully saturated rings. The van der Waals surface area contributed by atoms with Crippen LogP contribution in [0.4, 0.5) is 31.1 Å². The Hall–Kier alpha value is -3.48. The van der Waals surface area contributed by atoms with Crippen LogP contribution < -0.4 is 4.74 Å². The molecule has 1 atom stereocenters. The largest absolute Gasteiger partial charge is 0.492 e. The first-order chi connectivity index (χ1) is 18.8. The molecule has 0 radical (unpaired) electrons. The molecule has 2 aromatic carbocycles. The Kier molecular flexibility index (Phi) is 12.6. The molecule has 0 spiro atoms. The molecule has 7 nitrogen and oxygen atoms in total. The molecule has 2 rings (SSSR count). The topological polar surface area (TPSA) is 85.3 Å². The number of rotatable bonds is 16. The van der Waals surface area contributed by atoms with Gasteiger partial charge in [-0.2, -0.15) is 22.0 Å². The lowest BCUT2D eigenvalue weighted by atomic mass is 10.1. The number of nitrogens with zero attached hydrogens (tertiary/aromatic N) is 1. The Morgan fingerprint density at radius 3 is 2.12 bits per heavy atom. The summed E-state index contributed by atoms with van der Waals surface area (Å²) in [5, 5.41) is 9.21. The molecule has 0 aliphatic heterocycles. The zero-order valence-electron chi connectivity index (χ0n) is 21.8. The first kappa shape index (κ1) is 32.7. The number of hydrogen-bond donors (Lipinski definition) is 1. The van der Waals surface area contributed by atoms with Crippen LogP contribution in [0.15, 0.2) is 48.5 Å². The fraction of sp³-hybridized carbons (Fsp3) is 0.481. The Labute approximate surface area is 227 Å². The third-order valence-corrected chi connectivity index (χ3v) is 5.73. The molecular weight excluding hydrogens is 548 g/mol. The average Bonchev–Trinajstić information content (AvgIpc) is 2.89. The summed E-state index contributed by atoms with van der Waals surface area (Å²) in [6.07, 6.45) is -9.40. The van der Waals surface area contributed by atoms with Gasteiger partial charge in [-0.3, -0.25) is 0 Å². The predicted octanol–water partition coefficient (Wildman–Crippen LogP) is 6.24. The van der Waals surface area contributed by atoms with Crippen LogP contribution in [0.3, 0.4) is 0 Å². The number of alkyl halides is 5. The van der Waals surface area contributed by atoms with Gasteiger partial charge in [0.2, 0.25) is 0 Å². The second-order valence-electron chi connectivity index (χ2n) is 8.81. The molecule has 40 heavy (non-hydrogen) atoms. The number of carboxylic acids is 1. The van der Waals surface area contributed by atoms with Crippen molar-refractivity contribution in [2.45, 2.75) is 57.4 Å². The maximum absolute atomic E-state index is 13.2. The van der Waals surface area contributed by atoms with E-state index in [1.54, 1.807) is 31.2 Å². The summed E-state index contributed by atoms with van der Waals surface area (Å²) >= 11 is 0. The van der Waals surface area contributed by atoms with Crippen LogP contribution in [0.1, 0.15) is 37.3 Å². The minimum Gasteiger partial charge on any atom is -0.492 e. The van der Waals surface area contributed by atoms with E-state index in [0.717, 1.165) is 4.90 Å². The van der Waals surface area contributed by atoms with E-state index in [-0.39, 0.29) is 45.8 Å². The van der Waals surface area contributed by atoms with Crippen molar-refractivity contribution in [3.63, 3.8) is 0 Å². The van der Waals surface area contributed by atoms with E-state index in [1.165, 1.54) is 24.3 Å². The van der Waals surface area contributed by atoms with Crippen molar-refractivity contribution >= 4 is 12.1 Å². The highest BCUT2D eigenvalue weighted by molar-refractivity contribution is 5.72. The van der Waals surface area contributed by atoms with E-state index in [4.69, 9.17) is 14.2 Å². The Balaban J connectivity index is 1.93. The molecular formula is C27H31F6NO6. The van der Waals surface area contributed by atoms with Gasteiger partial charge in [0.15, 0.2) is 6.10 Å². The van der Waals surface area contributed by atoms with E-state index in [0.29, 0.717) is 16.9 Å². The summed E-state index contributed by atoms with van der Waals surface area (Å²) in [6.45, 7) is 1.44. The molecule has 0 saturated carbocycles.